The predicted molar refractivity (Wildman–Crippen MR) is 72.5 cm³/mol. The van der Waals surface area contributed by atoms with E-state index in [0.717, 1.165) is 0 Å². The molecule has 0 aliphatic carbocycles. The highest BCUT2D eigenvalue weighted by atomic mass is 35.5. The molecule has 0 radical (unpaired) electrons. The van der Waals surface area contributed by atoms with E-state index in [1.807, 2.05) is 9.80 Å². The third kappa shape index (κ3) is 6.67. The summed E-state index contributed by atoms with van der Waals surface area (Å²) in [5.41, 5.74) is 0. The average Bonchev–Trinajstić information content (AvgIpc) is 2.31. The summed E-state index contributed by atoms with van der Waals surface area (Å²) in [5.74, 6) is 1.18. The molecule has 0 atom stereocenters. The van der Waals surface area contributed by atoms with Crippen molar-refractivity contribution in [3.05, 3.63) is 0 Å². The summed E-state index contributed by atoms with van der Waals surface area (Å²) in [4.78, 5) is 15.7. The molecule has 4 nitrogen and oxygen atoms in total. The molecule has 1 heterocycles. The predicted octanol–water partition coefficient (Wildman–Crippen LogP) is 1.05. The summed E-state index contributed by atoms with van der Waals surface area (Å²) in [6.45, 7) is 4.45. The minimum absolute atomic E-state index is 0. The lowest BCUT2D eigenvalue weighted by Gasteiger charge is -2.29. The monoisotopic (exact) mass is 304 g/mol. The number of hydrogen-bond donors (Lipinski definition) is 0. The first-order chi connectivity index (χ1) is 7.77. The van der Waals surface area contributed by atoms with E-state index in [-0.39, 0.29) is 18.3 Å². The maximum absolute atomic E-state index is 11.9. The standard InChI is InChI=1S/C10H18Cl2N2O2.ClH/c11-1-3-13(4-2-12)9-10(15)14-5-7-16-8-6-14;/h1-9H2;1H. The molecule has 0 aromatic carbocycles. The zero-order valence-electron chi connectivity index (χ0n) is 9.74. The van der Waals surface area contributed by atoms with Crippen molar-refractivity contribution < 1.29 is 9.53 Å². The fraction of sp³-hybridized carbons (Fsp3) is 0.900. The van der Waals surface area contributed by atoms with Crippen molar-refractivity contribution >= 4 is 41.5 Å². The Morgan fingerprint density at radius 1 is 1.18 bits per heavy atom. The number of carbonyl (C=O) groups excluding carboxylic acids is 1. The molecule has 0 N–H and O–H groups in total. The Morgan fingerprint density at radius 2 is 1.71 bits per heavy atom. The van der Waals surface area contributed by atoms with Crippen molar-refractivity contribution in [2.75, 3.05) is 57.7 Å². The minimum Gasteiger partial charge on any atom is -0.378 e. The summed E-state index contributed by atoms with van der Waals surface area (Å²) in [7, 11) is 0. The van der Waals surface area contributed by atoms with Crippen molar-refractivity contribution in [2.24, 2.45) is 0 Å². The highest BCUT2D eigenvalue weighted by molar-refractivity contribution is 6.18. The van der Waals surface area contributed by atoms with Crippen LogP contribution >= 0.6 is 35.6 Å². The largest absolute Gasteiger partial charge is 0.378 e. The fourth-order valence-corrected chi connectivity index (χ4v) is 2.09. The van der Waals surface area contributed by atoms with Gasteiger partial charge in [-0.2, -0.15) is 0 Å². The van der Waals surface area contributed by atoms with Gasteiger partial charge >= 0.3 is 0 Å². The van der Waals surface area contributed by atoms with E-state index < -0.39 is 0 Å². The molecular weight excluding hydrogens is 286 g/mol. The van der Waals surface area contributed by atoms with Gasteiger partial charge in [0.1, 0.15) is 0 Å². The molecule has 0 aromatic heterocycles. The van der Waals surface area contributed by atoms with Crippen LogP contribution in [0, 0.1) is 0 Å². The number of amides is 1. The van der Waals surface area contributed by atoms with Crippen LogP contribution < -0.4 is 0 Å². The molecule has 1 amide bonds. The maximum atomic E-state index is 11.9. The SMILES string of the molecule is Cl.O=C(CN(CCCl)CCCl)N1CCOCC1. The van der Waals surface area contributed by atoms with Gasteiger partial charge in [0.15, 0.2) is 0 Å². The Balaban J connectivity index is 0.00000256. The Bertz CT molecular complexity index is 208. The zero-order chi connectivity index (χ0) is 11.8. The van der Waals surface area contributed by atoms with Crippen molar-refractivity contribution in [3.8, 4) is 0 Å². The van der Waals surface area contributed by atoms with E-state index >= 15 is 0 Å². The van der Waals surface area contributed by atoms with Crippen LogP contribution in [0.15, 0.2) is 0 Å². The van der Waals surface area contributed by atoms with Gasteiger partial charge in [-0.05, 0) is 0 Å². The lowest BCUT2D eigenvalue weighted by atomic mass is 10.3. The Labute approximate surface area is 119 Å². The molecule has 1 rings (SSSR count). The molecule has 0 bridgehead atoms. The number of hydrogen-bond acceptors (Lipinski definition) is 3. The minimum atomic E-state index is 0. The second-order valence-corrected chi connectivity index (χ2v) is 4.40. The Kier molecular flexibility index (Phi) is 10.4. The van der Waals surface area contributed by atoms with Crippen LogP contribution in [-0.2, 0) is 9.53 Å². The first-order valence-electron chi connectivity index (χ1n) is 5.47. The van der Waals surface area contributed by atoms with E-state index in [1.165, 1.54) is 0 Å². The van der Waals surface area contributed by atoms with Gasteiger partial charge in [0.2, 0.25) is 5.91 Å². The van der Waals surface area contributed by atoms with Gasteiger partial charge in [0.05, 0.1) is 19.8 Å². The number of alkyl halides is 2. The van der Waals surface area contributed by atoms with Gasteiger partial charge in [0.25, 0.3) is 0 Å². The number of halogens is 3. The van der Waals surface area contributed by atoms with E-state index in [9.17, 15) is 4.79 Å². The van der Waals surface area contributed by atoms with Crippen molar-refractivity contribution in [2.45, 2.75) is 0 Å². The molecule has 0 saturated carbocycles. The van der Waals surface area contributed by atoms with E-state index in [1.54, 1.807) is 0 Å². The molecule has 1 fully saturated rings. The second kappa shape index (κ2) is 10.2. The van der Waals surface area contributed by atoms with Gasteiger partial charge in [-0.3, -0.25) is 9.69 Å². The normalized spacial score (nSPS) is 15.8. The number of nitrogens with zero attached hydrogens (tertiary/aromatic N) is 2. The van der Waals surface area contributed by atoms with Gasteiger partial charge < -0.3 is 9.64 Å². The van der Waals surface area contributed by atoms with Gasteiger partial charge in [-0.15, -0.1) is 35.6 Å². The first-order valence-corrected chi connectivity index (χ1v) is 6.54. The number of ether oxygens (including phenoxy) is 1. The summed E-state index contributed by atoms with van der Waals surface area (Å²) in [6.07, 6.45) is 0. The average molecular weight is 306 g/mol. The molecular formula is C10H19Cl3N2O2. The third-order valence-electron chi connectivity index (χ3n) is 2.52. The molecule has 0 spiro atoms. The molecule has 17 heavy (non-hydrogen) atoms. The molecule has 1 aliphatic rings. The summed E-state index contributed by atoms with van der Waals surface area (Å²) >= 11 is 11.3. The van der Waals surface area contributed by atoms with Crippen molar-refractivity contribution in [1.29, 1.82) is 0 Å². The van der Waals surface area contributed by atoms with Crippen LogP contribution in [0.4, 0.5) is 0 Å². The Morgan fingerprint density at radius 3 is 2.18 bits per heavy atom. The summed E-state index contributed by atoms with van der Waals surface area (Å²) < 4.78 is 5.20. The van der Waals surface area contributed by atoms with Crippen LogP contribution in [0.1, 0.15) is 0 Å². The number of carbonyl (C=O) groups is 1. The molecule has 1 saturated heterocycles. The smallest absolute Gasteiger partial charge is 0.236 e. The summed E-state index contributed by atoms with van der Waals surface area (Å²) in [6, 6.07) is 0. The second-order valence-electron chi connectivity index (χ2n) is 3.65. The Hall–Kier alpha value is 0.260. The third-order valence-corrected chi connectivity index (χ3v) is 2.86. The van der Waals surface area contributed by atoms with Crippen LogP contribution in [0.3, 0.4) is 0 Å². The van der Waals surface area contributed by atoms with E-state index in [2.05, 4.69) is 0 Å². The van der Waals surface area contributed by atoms with E-state index in [4.69, 9.17) is 27.9 Å². The van der Waals surface area contributed by atoms with Crippen LogP contribution in [0.2, 0.25) is 0 Å². The molecule has 0 aromatic rings. The van der Waals surface area contributed by atoms with Crippen LogP contribution in [0.5, 0.6) is 0 Å². The van der Waals surface area contributed by atoms with Crippen LogP contribution in [0.25, 0.3) is 0 Å². The highest BCUT2D eigenvalue weighted by Gasteiger charge is 2.18. The molecule has 102 valence electrons. The molecule has 7 heteroatoms. The van der Waals surface area contributed by atoms with Gasteiger partial charge in [0, 0.05) is 37.9 Å². The first kappa shape index (κ1) is 17.3. The summed E-state index contributed by atoms with van der Waals surface area (Å²) in [5, 5.41) is 0. The number of rotatable bonds is 6. The zero-order valence-corrected chi connectivity index (χ0v) is 12.1. The van der Waals surface area contributed by atoms with E-state index in [0.29, 0.717) is 57.7 Å². The lowest BCUT2D eigenvalue weighted by molar-refractivity contribution is -0.136. The maximum Gasteiger partial charge on any atom is 0.236 e. The molecule has 0 unspecified atom stereocenters. The topological polar surface area (TPSA) is 32.8 Å². The van der Waals surface area contributed by atoms with Gasteiger partial charge in [-0.1, -0.05) is 0 Å². The van der Waals surface area contributed by atoms with Crippen molar-refractivity contribution in [1.82, 2.24) is 9.80 Å². The highest BCUT2D eigenvalue weighted by Crippen LogP contribution is 2.00. The molecule has 1 aliphatic heterocycles. The van der Waals surface area contributed by atoms with Gasteiger partial charge in [-0.25, -0.2) is 0 Å². The quantitative estimate of drug-likeness (QED) is 0.688. The number of morpholine rings is 1. The van der Waals surface area contributed by atoms with Crippen LogP contribution in [-0.4, -0.2) is 73.4 Å². The fourth-order valence-electron chi connectivity index (χ4n) is 1.61. The lowest BCUT2D eigenvalue weighted by Crippen LogP contribution is -2.46. The van der Waals surface area contributed by atoms with Crippen molar-refractivity contribution in [3.63, 3.8) is 0 Å².